The van der Waals surface area contributed by atoms with Crippen molar-refractivity contribution in [2.75, 3.05) is 6.54 Å². The summed E-state index contributed by atoms with van der Waals surface area (Å²) in [7, 11) is 0. The molecule has 0 spiro atoms. The van der Waals surface area contributed by atoms with Gasteiger partial charge in [-0.1, -0.05) is 41.9 Å². The Hall–Kier alpha value is -2.47. The zero-order chi connectivity index (χ0) is 17.6. The van der Waals surface area contributed by atoms with Crippen molar-refractivity contribution in [3.05, 3.63) is 58.4 Å². The molecule has 1 aliphatic heterocycles. The Labute approximate surface area is 150 Å². The van der Waals surface area contributed by atoms with Gasteiger partial charge in [-0.3, -0.25) is 4.79 Å². The van der Waals surface area contributed by atoms with E-state index in [1.165, 1.54) is 5.56 Å². The van der Waals surface area contributed by atoms with Crippen LogP contribution < -0.4 is 11.1 Å². The van der Waals surface area contributed by atoms with Crippen molar-refractivity contribution in [3.63, 3.8) is 0 Å². The summed E-state index contributed by atoms with van der Waals surface area (Å²) >= 11 is 6.10. The van der Waals surface area contributed by atoms with E-state index in [0.29, 0.717) is 41.8 Å². The van der Waals surface area contributed by atoms with Crippen LogP contribution in [0, 0.1) is 0 Å². The maximum atomic E-state index is 12.6. The van der Waals surface area contributed by atoms with Gasteiger partial charge in [0, 0.05) is 31.2 Å². The lowest BCUT2D eigenvalue weighted by molar-refractivity contribution is 0.0997. The molecule has 2 aliphatic rings. The van der Waals surface area contributed by atoms with Crippen LogP contribution >= 0.6 is 11.6 Å². The summed E-state index contributed by atoms with van der Waals surface area (Å²) in [5.74, 6) is -0.179. The number of carbonyl (C=O) groups is 2. The number of amides is 3. The molecule has 3 N–H and O–H groups in total. The molecule has 0 radical (unpaired) electrons. The molecule has 0 saturated heterocycles. The highest BCUT2D eigenvalue weighted by molar-refractivity contribution is 6.34. The molecule has 2 aromatic rings. The lowest BCUT2D eigenvalue weighted by Crippen LogP contribution is -2.45. The lowest BCUT2D eigenvalue weighted by atomic mass is 10.1. The van der Waals surface area contributed by atoms with Crippen molar-refractivity contribution < 1.29 is 9.59 Å². The average Bonchev–Trinajstić information content (AvgIpc) is 3.27. The number of benzene rings is 1. The summed E-state index contributed by atoms with van der Waals surface area (Å²) < 4.78 is 1.90. The third-order valence-electron chi connectivity index (χ3n) is 4.96. The van der Waals surface area contributed by atoms with Crippen LogP contribution in [0.1, 0.15) is 34.0 Å². The first-order chi connectivity index (χ1) is 12.0. The number of nitrogens with two attached hydrogens (primary N) is 1. The number of carbonyl (C=O) groups excluding carboxylic acids is 2. The van der Waals surface area contributed by atoms with Crippen LogP contribution in [0.15, 0.2) is 36.5 Å². The van der Waals surface area contributed by atoms with Crippen LogP contribution in [0.4, 0.5) is 4.79 Å². The van der Waals surface area contributed by atoms with E-state index in [2.05, 4.69) is 17.4 Å². The quantitative estimate of drug-likeness (QED) is 0.883. The molecule has 25 heavy (non-hydrogen) atoms. The fraction of sp³-hybridized carbons (Fsp3) is 0.333. The van der Waals surface area contributed by atoms with Gasteiger partial charge in [0.05, 0.1) is 22.8 Å². The van der Waals surface area contributed by atoms with Crippen molar-refractivity contribution in [2.45, 2.75) is 31.5 Å². The van der Waals surface area contributed by atoms with E-state index in [9.17, 15) is 9.59 Å². The molecule has 1 aromatic carbocycles. The molecule has 1 saturated carbocycles. The first kappa shape index (κ1) is 16.0. The lowest BCUT2D eigenvalue weighted by Gasteiger charge is -2.29. The Balaban J connectivity index is 1.42. The number of rotatable bonds is 3. The first-order valence-corrected chi connectivity index (χ1v) is 8.70. The van der Waals surface area contributed by atoms with Gasteiger partial charge in [0.2, 0.25) is 0 Å². The maximum absolute atomic E-state index is 12.6. The van der Waals surface area contributed by atoms with Gasteiger partial charge in [0.1, 0.15) is 0 Å². The number of primary amides is 1. The van der Waals surface area contributed by atoms with Gasteiger partial charge < -0.3 is 20.5 Å². The van der Waals surface area contributed by atoms with Gasteiger partial charge in [-0.2, -0.15) is 0 Å². The molecular formula is C18H19ClN4O2. The molecule has 2 unspecified atom stereocenters. The maximum Gasteiger partial charge on any atom is 0.318 e. The molecule has 7 heteroatoms. The number of nitrogens with zero attached hydrogens (tertiary/aromatic N) is 2. The fourth-order valence-corrected chi connectivity index (χ4v) is 3.84. The minimum absolute atomic E-state index is 0.109. The van der Waals surface area contributed by atoms with Gasteiger partial charge in [0.15, 0.2) is 0 Å². The Kier molecular flexibility index (Phi) is 3.92. The Morgan fingerprint density at radius 1 is 1.20 bits per heavy atom. The Morgan fingerprint density at radius 3 is 2.68 bits per heavy atom. The molecule has 130 valence electrons. The summed E-state index contributed by atoms with van der Waals surface area (Å²) in [5, 5.41) is 3.43. The van der Waals surface area contributed by atoms with Crippen LogP contribution in [0.2, 0.25) is 5.02 Å². The van der Waals surface area contributed by atoms with Gasteiger partial charge in [0.25, 0.3) is 5.91 Å². The monoisotopic (exact) mass is 358 g/mol. The van der Waals surface area contributed by atoms with Crippen molar-refractivity contribution in [3.8, 4) is 0 Å². The Morgan fingerprint density at radius 2 is 1.96 bits per heavy atom. The second kappa shape index (κ2) is 6.11. The summed E-state index contributed by atoms with van der Waals surface area (Å²) in [5.41, 5.74) is 7.69. The predicted octanol–water partition coefficient (Wildman–Crippen LogP) is 2.32. The highest BCUT2D eigenvalue weighted by Gasteiger charge is 2.40. The molecule has 1 aliphatic carbocycles. The smallest absolute Gasteiger partial charge is 0.318 e. The number of urea groups is 1. The van der Waals surface area contributed by atoms with Crippen molar-refractivity contribution >= 4 is 23.5 Å². The SMILES string of the molecule is NC(=O)c1c(Cl)cn2c1CN(C(=O)NC1CC1c1ccccc1)CC2. The summed E-state index contributed by atoms with van der Waals surface area (Å²) in [6.45, 7) is 1.51. The molecule has 1 aromatic heterocycles. The number of hydrogen-bond acceptors (Lipinski definition) is 2. The highest BCUT2D eigenvalue weighted by atomic mass is 35.5. The van der Waals surface area contributed by atoms with Gasteiger partial charge >= 0.3 is 6.03 Å². The second-order valence-electron chi connectivity index (χ2n) is 6.59. The minimum atomic E-state index is -0.563. The topological polar surface area (TPSA) is 80.4 Å². The standard InChI is InChI=1S/C18H19ClN4O2/c19-13-9-22-6-7-23(10-15(22)16(13)17(20)24)18(25)21-14-8-12(14)11-4-2-1-3-5-11/h1-5,9,12,14H,6-8,10H2,(H2,20,24)(H,21,25). The van der Waals surface area contributed by atoms with Gasteiger partial charge in [-0.25, -0.2) is 4.79 Å². The van der Waals surface area contributed by atoms with Crippen molar-refractivity contribution in [1.29, 1.82) is 0 Å². The van der Waals surface area contributed by atoms with Crippen molar-refractivity contribution in [1.82, 2.24) is 14.8 Å². The van der Waals surface area contributed by atoms with E-state index in [-0.39, 0.29) is 12.1 Å². The van der Waals surface area contributed by atoms with E-state index in [1.807, 2.05) is 22.8 Å². The summed E-state index contributed by atoms with van der Waals surface area (Å²) in [6.07, 6.45) is 2.66. The van der Waals surface area contributed by atoms with E-state index in [0.717, 1.165) is 6.42 Å². The van der Waals surface area contributed by atoms with E-state index in [1.54, 1.807) is 11.1 Å². The predicted molar refractivity (Wildman–Crippen MR) is 94.5 cm³/mol. The number of nitrogens with one attached hydrogen (secondary N) is 1. The highest BCUT2D eigenvalue weighted by Crippen LogP contribution is 2.40. The van der Waals surface area contributed by atoms with Crippen LogP contribution in [0.3, 0.4) is 0 Å². The summed E-state index contributed by atoms with van der Waals surface area (Å²) in [4.78, 5) is 25.9. The first-order valence-electron chi connectivity index (χ1n) is 8.32. The molecule has 2 atom stereocenters. The van der Waals surface area contributed by atoms with Gasteiger partial charge in [-0.15, -0.1) is 0 Å². The number of aromatic nitrogens is 1. The Bertz CT molecular complexity index is 833. The molecule has 0 bridgehead atoms. The minimum Gasteiger partial charge on any atom is -0.365 e. The van der Waals surface area contributed by atoms with Crippen LogP contribution in [-0.4, -0.2) is 34.0 Å². The van der Waals surface area contributed by atoms with E-state index < -0.39 is 5.91 Å². The van der Waals surface area contributed by atoms with Crippen LogP contribution in [0.5, 0.6) is 0 Å². The zero-order valence-corrected chi connectivity index (χ0v) is 14.4. The van der Waals surface area contributed by atoms with E-state index >= 15 is 0 Å². The number of hydrogen-bond donors (Lipinski definition) is 2. The molecule has 1 fully saturated rings. The third kappa shape index (κ3) is 2.98. The van der Waals surface area contributed by atoms with Crippen molar-refractivity contribution in [2.24, 2.45) is 5.73 Å². The van der Waals surface area contributed by atoms with Crippen LogP contribution in [-0.2, 0) is 13.1 Å². The molecule has 3 amide bonds. The number of halogens is 1. The third-order valence-corrected chi connectivity index (χ3v) is 5.24. The molecular weight excluding hydrogens is 340 g/mol. The second-order valence-corrected chi connectivity index (χ2v) is 6.99. The fourth-order valence-electron chi connectivity index (χ4n) is 3.52. The average molecular weight is 359 g/mol. The van der Waals surface area contributed by atoms with E-state index in [4.69, 9.17) is 17.3 Å². The molecule has 4 rings (SSSR count). The number of fused-ring (bicyclic) bond motifs is 1. The largest absolute Gasteiger partial charge is 0.365 e. The molecule has 2 heterocycles. The molecule has 6 nitrogen and oxygen atoms in total. The van der Waals surface area contributed by atoms with Crippen LogP contribution in [0.25, 0.3) is 0 Å². The summed E-state index contributed by atoms with van der Waals surface area (Å²) in [6, 6.07) is 10.3. The zero-order valence-electron chi connectivity index (χ0n) is 13.6. The van der Waals surface area contributed by atoms with Gasteiger partial charge in [-0.05, 0) is 12.0 Å². The normalized spacial score (nSPS) is 21.6.